The van der Waals surface area contributed by atoms with Crippen LogP contribution in [0.2, 0.25) is 0 Å². The molecular formula is C22H23N5OS. The van der Waals surface area contributed by atoms with Crippen LogP contribution in [0, 0.1) is 25.2 Å². The van der Waals surface area contributed by atoms with Crippen molar-refractivity contribution in [2.45, 2.75) is 13.8 Å². The van der Waals surface area contributed by atoms with Gasteiger partial charge in [-0.05, 0) is 61.5 Å². The fourth-order valence-electron chi connectivity index (χ4n) is 3.12. The van der Waals surface area contributed by atoms with Crippen molar-refractivity contribution in [1.29, 1.82) is 5.26 Å². The fraction of sp³-hybridized carbons (Fsp3) is 0.227. The number of ether oxygens (including phenoxy) is 1. The van der Waals surface area contributed by atoms with Gasteiger partial charge in [0.05, 0.1) is 23.9 Å². The summed E-state index contributed by atoms with van der Waals surface area (Å²) in [5.41, 5.74) is 4.47. The predicted octanol–water partition coefficient (Wildman–Crippen LogP) is 4.13. The zero-order valence-corrected chi connectivity index (χ0v) is 17.5. The minimum Gasteiger partial charge on any atom is -0.495 e. The third-order valence-corrected chi connectivity index (χ3v) is 4.71. The van der Waals surface area contributed by atoms with E-state index >= 15 is 0 Å². The van der Waals surface area contributed by atoms with Gasteiger partial charge in [-0.1, -0.05) is 18.2 Å². The van der Waals surface area contributed by atoms with Crippen LogP contribution in [0.15, 0.2) is 42.5 Å². The largest absolute Gasteiger partial charge is 0.495 e. The standard InChI is InChI=1S/C22H23N5OS/c1-14-10-15(2)17-12-16(13-23)21(26-19(17)11-14)24-8-9-25-22(29)27-18-6-4-5-7-20(18)28-3/h4-7,10-12H,8-9H2,1-3H3,(H,24,26)(H2,25,27,29). The molecule has 0 aliphatic carbocycles. The quantitative estimate of drug-likeness (QED) is 0.420. The first-order valence-corrected chi connectivity index (χ1v) is 9.66. The van der Waals surface area contributed by atoms with E-state index in [9.17, 15) is 5.26 Å². The van der Waals surface area contributed by atoms with E-state index in [4.69, 9.17) is 17.0 Å². The third-order valence-electron chi connectivity index (χ3n) is 4.46. The molecule has 29 heavy (non-hydrogen) atoms. The van der Waals surface area contributed by atoms with Crippen LogP contribution in [-0.4, -0.2) is 30.3 Å². The van der Waals surface area contributed by atoms with Gasteiger partial charge < -0.3 is 20.7 Å². The summed E-state index contributed by atoms with van der Waals surface area (Å²) in [5.74, 6) is 1.30. The molecule has 0 spiro atoms. The molecule has 148 valence electrons. The molecular weight excluding hydrogens is 382 g/mol. The number of nitrogens with one attached hydrogen (secondary N) is 3. The number of pyridine rings is 1. The highest BCUT2D eigenvalue weighted by Gasteiger charge is 2.09. The van der Waals surface area contributed by atoms with Gasteiger partial charge in [-0.25, -0.2) is 4.98 Å². The minimum absolute atomic E-state index is 0.495. The minimum atomic E-state index is 0.495. The number of nitrogens with zero attached hydrogens (tertiary/aromatic N) is 2. The second kappa shape index (κ2) is 9.22. The number of anilines is 2. The molecule has 3 rings (SSSR count). The van der Waals surface area contributed by atoms with Crippen molar-refractivity contribution < 1.29 is 4.74 Å². The lowest BCUT2D eigenvalue weighted by atomic mass is 10.0. The Labute approximate surface area is 175 Å². The van der Waals surface area contributed by atoms with Crippen molar-refractivity contribution in [3.05, 3.63) is 59.2 Å². The Morgan fingerprint density at radius 1 is 1.17 bits per heavy atom. The van der Waals surface area contributed by atoms with Crippen molar-refractivity contribution in [2.24, 2.45) is 0 Å². The molecule has 1 aromatic heterocycles. The number of fused-ring (bicyclic) bond motifs is 1. The Kier molecular flexibility index (Phi) is 6.47. The normalized spacial score (nSPS) is 10.3. The van der Waals surface area contributed by atoms with E-state index in [1.54, 1.807) is 7.11 Å². The highest BCUT2D eigenvalue weighted by molar-refractivity contribution is 7.80. The van der Waals surface area contributed by atoms with Gasteiger partial charge in [-0.3, -0.25) is 0 Å². The molecule has 3 aromatic rings. The number of benzene rings is 2. The number of hydrogen-bond donors (Lipinski definition) is 3. The predicted molar refractivity (Wildman–Crippen MR) is 122 cm³/mol. The monoisotopic (exact) mass is 405 g/mol. The number of nitriles is 1. The second-order valence-corrected chi connectivity index (χ2v) is 7.06. The summed E-state index contributed by atoms with van der Waals surface area (Å²) >= 11 is 5.34. The van der Waals surface area contributed by atoms with Crippen molar-refractivity contribution >= 4 is 39.7 Å². The molecule has 0 saturated heterocycles. The van der Waals surface area contributed by atoms with E-state index in [0.29, 0.717) is 29.6 Å². The van der Waals surface area contributed by atoms with Crippen LogP contribution >= 0.6 is 12.2 Å². The molecule has 0 amide bonds. The highest BCUT2D eigenvalue weighted by atomic mass is 32.1. The average molecular weight is 406 g/mol. The van der Waals surface area contributed by atoms with E-state index in [2.05, 4.69) is 33.1 Å². The van der Waals surface area contributed by atoms with Crippen molar-refractivity contribution in [2.75, 3.05) is 30.8 Å². The first-order chi connectivity index (χ1) is 14.0. The van der Waals surface area contributed by atoms with Crippen LogP contribution in [0.5, 0.6) is 5.75 Å². The summed E-state index contributed by atoms with van der Waals surface area (Å²) in [6.07, 6.45) is 0. The van der Waals surface area contributed by atoms with E-state index in [0.717, 1.165) is 33.5 Å². The maximum absolute atomic E-state index is 9.49. The molecule has 0 bridgehead atoms. The zero-order valence-electron chi connectivity index (χ0n) is 16.7. The number of thiocarbonyl (C=S) groups is 1. The van der Waals surface area contributed by atoms with E-state index in [1.807, 2.05) is 50.2 Å². The fourth-order valence-corrected chi connectivity index (χ4v) is 3.33. The lowest BCUT2D eigenvalue weighted by molar-refractivity contribution is 0.417. The van der Waals surface area contributed by atoms with E-state index < -0.39 is 0 Å². The highest BCUT2D eigenvalue weighted by Crippen LogP contribution is 2.24. The molecule has 3 N–H and O–H groups in total. The summed E-state index contributed by atoms with van der Waals surface area (Å²) in [6, 6.07) is 15.8. The van der Waals surface area contributed by atoms with Crippen molar-refractivity contribution in [1.82, 2.24) is 10.3 Å². The molecule has 0 aliphatic heterocycles. The number of rotatable bonds is 6. The van der Waals surface area contributed by atoms with Gasteiger partial charge in [0.1, 0.15) is 17.6 Å². The Bertz CT molecular complexity index is 1090. The van der Waals surface area contributed by atoms with Crippen LogP contribution < -0.4 is 20.7 Å². The van der Waals surface area contributed by atoms with Crippen LogP contribution in [-0.2, 0) is 0 Å². The van der Waals surface area contributed by atoms with Gasteiger partial charge in [0.2, 0.25) is 0 Å². The molecule has 0 radical (unpaired) electrons. The smallest absolute Gasteiger partial charge is 0.170 e. The van der Waals surface area contributed by atoms with Gasteiger partial charge in [0.25, 0.3) is 0 Å². The number of hydrogen-bond acceptors (Lipinski definition) is 5. The average Bonchev–Trinajstić information content (AvgIpc) is 2.71. The molecule has 0 atom stereocenters. The number of aromatic nitrogens is 1. The first-order valence-electron chi connectivity index (χ1n) is 9.25. The molecule has 6 nitrogen and oxygen atoms in total. The third kappa shape index (κ3) is 4.92. The molecule has 0 fully saturated rings. The van der Waals surface area contributed by atoms with Crippen molar-refractivity contribution in [3.63, 3.8) is 0 Å². The summed E-state index contributed by atoms with van der Waals surface area (Å²) in [7, 11) is 1.62. The second-order valence-electron chi connectivity index (χ2n) is 6.65. The van der Waals surface area contributed by atoms with Crippen LogP contribution in [0.25, 0.3) is 10.9 Å². The summed E-state index contributed by atoms with van der Waals surface area (Å²) in [6.45, 7) is 5.20. The Balaban J connectivity index is 1.61. The van der Waals surface area contributed by atoms with Crippen LogP contribution in [0.1, 0.15) is 16.7 Å². The maximum atomic E-state index is 9.49. The number of methoxy groups -OCH3 is 1. The Hall–Kier alpha value is -3.37. The van der Waals surface area contributed by atoms with Crippen molar-refractivity contribution in [3.8, 4) is 11.8 Å². The molecule has 2 aromatic carbocycles. The van der Waals surface area contributed by atoms with Crippen LogP contribution in [0.4, 0.5) is 11.5 Å². The lowest BCUT2D eigenvalue weighted by Crippen LogP contribution is -2.32. The van der Waals surface area contributed by atoms with E-state index in [-0.39, 0.29) is 0 Å². The maximum Gasteiger partial charge on any atom is 0.170 e. The molecule has 0 saturated carbocycles. The van der Waals surface area contributed by atoms with Gasteiger partial charge in [-0.15, -0.1) is 0 Å². The Morgan fingerprint density at radius 2 is 1.97 bits per heavy atom. The molecule has 7 heteroatoms. The SMILES string of the molecule is COc1ccccc1NC(=S)NCCNc1nc2cc(C)cc(C)c2cc1C#N. The zero-order chi connectivity index (χ0) is 20.8. The van der Waals surface area contributed by atoms with E-state index in [1.165, 1.54) is 0 Å². The molecule has 1 heterocycles. The van der Waals surface area contributed by atoms with Gasteiger partial charge in [0, 0.05) is 18.5 Å². The van der Waals surface area contributed by atoms with Crippen LogP contribution in [0.3, 0.4) is 0 Å². The summed E-state index contributed by atoms with van der Waals surface area (Å²) in [4.78, 5) is 4.65. The number of aryl methyl sites for hydroxylation is 2. The molecule has 0 aliphatic rings. The topological polar surface area (TPSA) is 82.0 Å². The Morgan fingerprint density at radius 3 is 2.72 bits per heavy atom. The first kappa shape index (κ1) is 20.4. The lowest BCUT2D eigenvalue weighted by Gasteiger charge is -2.14. The summed E-state index contributed by atoms with van der Waals surface area (Å²) < 4.78 is 5.31. The summed E-state index contributed by atoms with van der Waals surface area (Å²) in [5, 5.41) is 20.5. The number of para-hydroxylation sites is 2. The van der Waals surface area contributed by atoms with Gasteiger partial charge in [-0.2, -0.15) is 5.26 Å². The van der Waals surface area contributed by atoms with Gasteiger partial charge >= 0.3 is 0 Å². The molecule has 0 unspecified atom stereocenters. The van der Waals surface area contributed by atoms with Gasteiger partial charge in [0.15, 0.2) is 5.11 Å².